The highest BCUT2D eigenvalue weighted by Gasteiger charge is 2.01. The standard InChI is InChI=1S/C27H50O2/c1-3-4-5-20-23-26(2)24-21-18-16-14-12-10-8-6-7-9-11-13-15-17-19-22-25-27(28)29/h7,9,15,17,26H,3-6,8,10-14,16,18-25H2,1-2H3,(H,28,29)/b9-7-,17-15-. The zero-order chi connectivity index (χ0) is 21.4. The van der Waals surface area contributed by atoms with E-state index in [2.05, 4.69) is 38.2 Å². The predicted molar refractivity (Wildman–Crippen MR) is 128 cm³/mol. The van der Waals surface area contributed by atoms with Crippen molar-refractivity contribution in [3.05, 3.63) is 24.3 Å². The van der Waals surface area contributed by atoms with Crippen LogP contribution in [0.3, 0.4) is 0 Å². The molecule has 0 aromatic carbocycles. The number of rotatable bonds is 22. The third kappa shape index (κ3) is 24.9. The molecule has 0 rings (SSSR count). The van der Waals surface area contributed by atoms with E-state index in [0.29, 0.717) is 0 Å². The number of carbonyl (C=O) groups is 1. The van der Waals surface area contributed by atoms with Crippen molar-refractivity contribution >= 4 is 5.97 Å². The molecule has 1 unspecified atom stereocenters. The second kappa shape index (κ2) is 23.2. The lowest BCUT2D eigenvalue weighted by Gasteiger charge is -2.10. The number of hydrogen-bond acceptors (Lipinski definition) is 1. The molecule has 1 N–H and O–H groups in total. The maximum absolute atomic E-state index is 10.4. The molecule has 0 aromatic heterocycles. The van der Waals surface area contributed by atoms with E-state index in [4.69, 9.17) is 5.11 Å². The molecule has 0 fully saturated rings. The molecule has 170 valence electrons. The summed E-state index contributed by atoms with van der Waals surface area (Å²) in [5, 5.41) is 8.56. The van der Waals surface area contributed by atoms with Gasteiger partial charge in [0.25, 0.3) is 0 Å². The van der Waals surface area contributed by atoms with E-state index < -0.39 is 5.97 Å². The molecule has 2 nitrogen and oxygen atoms in total. The van der Waals surface area contributed by atoms with Gasteiger partial charge in [0.05, 0.1) is 0 Å². The van der Waals surface area contributed by atoms with E-state index >= 15 is 0 Å². The maximum atomic E-state index is 10.4. The fraction of sp³-hybridized carbons (Fsp3) is 0.815. The zero-order valence-corrected chi connectivity index (χ0v) is 19.7. The molecule has 0 saturated heterocycles. The summed E-state index contributed by atoms with van der Waals surface area (Å²) in [5.41, 5.74) is 0. The lowest BCUT2D eigenvalue weighted by atomic mass is 9.96. The van der Waals surface area contributed by atoms with Crippen molar-refractivity contribution in [1.82, 2.24) is 0 Å². The van der Waals surface area contributed by atoms with Crippen LogP contribution in [0.4, 0.5) is 0 Å². The first kappa shape index (κ1) is 27.9. The van der Waals surface area contributed by atoms with Crippen molar-refractivity contribution in [2.75, 3.05) is 0 Å². The first-order valence-electron chi connectivity index (χ1n) is 12.7. The monoisotopic (exact) mass is 406 g/mol. The molecule has 0 radical (unpaired) electrons. The number of allylic oxidation sites excluding steroid dienone is 4. The SMILES string of the molecule is CCCCCCC(C)CCCCCCCCC/C=C\CC/C=C\CCCC(=O)O. The van der Waals surface area contributed by atoms with Gasteiger partial charge in [0, 0.05) is 6.42 Å². The molecule has 29 heavy (non-hydrogen) atoms. The topological polar surface area (TPSA) is 37.3 Å². The van der Waals surface area contributed by atoms with E-state index in [1.165, 1.54) is 89.9 Å². The van der Waals surface area contributed by atoms with Crippen LogP contribution in [0.15, 0.2) is 24.3 Å². The van der Waals surface area contributed by atoms with Crippen molar-refractivity contribution < 1.29 is 9.90 Å². The van der Waals surface area contributed by atoms with Gasteiger partial charge < -0.3 is 5.11 Å². The summed E-state index contributed by atoms with van der Waals surface area (Å²) in [6.07, 6.45) is 32.6. The van der Waals surface area contributed by atoms with Gasteiger partial charge in [-0.3, -0.25) is 4.79 Å². The van der Waals surface area contributed by atoms with E-state index in [1.807, 2.05) is 0 Å². The summed E-state index contributed by atoms with van der Waals surface area (Å²) >= 11 is 0. The Morgan fingerprint density at radius 2 is 1.10 bits per heavy atom. The van der Waals surface area contributed by atoms with Gasteiger partial charge in [0.1, 0.15) is 0 Å². The van der Waals surface area contributed by atoms with Gasteiger partial charge in [-0.2, -0.15) is 0 Å². The third-order valence-corrected chi connectivity index (χ3v) is 5.71. The molecule has 2 heteroatoms. The molecule has 0 bridgehead atoms. The fourth-order valence-electron chi connectivity index (χ4n) is 3.74. The Labute approximate surface area is 182 Å². The molecule has 0 amide bonds. The Hall–Kier alpha value is -1.05. The van der Waals surface area contributed by atoms with Crippen LogP contribution in [0.2, 0.25) is 0 Å². The summed E-state index contributed by atoms with van der Waals surface area (Å²) in [4.78, 5) is 10.4. The van der Waals surface area contributed by atoms with Crippen LogP contribution >= 0.6 is 0 Å². The first-order chi connectivity index (χ1) is 14.2. The Bertz CT molecular complexity index is 397. The summed E-state index contributed by atoms with van der Waals surface area (Å²) in [6, 6.07) is 0. The van der Waals surface area contributed by atoms with Crippen LogP contribution in [0.25, 0.3) is 0 Å². The summed E-state index contributed by atoms with van der Waals surface area (Å²) in [6.45, 7) is 4.73. The molecule has 0 aliphatic rings. The second-order valence-corrected chi connectivity index (χ2v) is 8.81. The van der Waals surface area contributed by atoms with Crippen molar-refractivity contribution in [3.63, 3.8) is 0 Å². The molecular weight excluding hydrogens is 356 g/mol. The Kier molecular flexibility index (Phi) is 22.4. The predicted octanol–water partition coefficient (Wildman–Crippen LogP) is 9.25. The van der Waals surface area contributed by atoms with Gasteiger partial charge in [-0.15, -0.1) is 0 Å². The minimum absolute atomic E-state index is 0.280. The average Bonchev–Trinajstić information content (AvgIpc) is 2.70. The van der Waals surface area contributed by atoms with Crippen molar-refractivity contribution in [3.8, 4) is 0 Å². The van der Waals surface area contributed by atoms with Crippen molar-refractivity contribution in [2.24, 2.45) is 5.92 Å². The van der Waals surface area contributed by atoms with Crippen LogP contribution in [0.1, 0.15) is 136 Å². The van der Waals surface area contributed by atoms with E-state index in [-0.39, 0.29) is 6.42 Å². The van der Waals surface area contributed by atoms with E-state index in [1.54, 1.807) is 0 Å². The van der Waals surface area contributed by atoms with Crippen LogP contribution in [0, 0.1) is 5.92 Å². The molecular formula is C27H50O2. The number of aliphatic carboxylic acids is 1. The average molecular weight is 407 g/mol. The van der Waals surface area contributed by atoms with E-state index in [9.17, 15) is 4.79 Å². The van der Waals surface area contributed by atoms with Crippen molar-refractivity contribution in [1.29, 1.82) is 0 Å². The van der Waals surface area contributed by atoms with Gasteiger partial charge in [0.2, 0.25) is 0 Å². The minimum atomic E-state index is -0.695. The molecule has 0 spiro atoms. The normalized spacial score (nSPS) is 12.9. The summed E-state index contributed by atoms with van der Waals surface area (Å²) in [5.74, 6) is 0.241. The molecule has 0 aromatic rings. The maximum Gasteiger partial charge on any atom is 0.303 e. The molecule has 0 saturated carbocycles. The fourth-order valence-corrected chi connectivity index (χ4v) is 3.74. The lowest BCUT2D eigenvalue weighted by molar-refractivity contribution is -0.137. The number of carboxylic acids is 1. The zero-order valence-electron chi connectivity index (χ0n) is 19.7. The second-order valence-electron chi connectivity index (χ2n) is 8.81. The summed E-state index contributed by atoms with van der Waals surface area (Å²) in [7, 11) is 0. The van der Waals surface area contributed by atoms with Gasteiger partial charge in [-0.1, -0.05) is 115 Å². The molecule has 0 aliphatic carbocycles. The Morgan fingerprint density at radius 1 is 0.655 bits per heavy atom. The lowest BCUT2D eigenvalue weighted by Crippen LogP contribution is -1.95. The number of carboxylic acid groups (broad SMARTS) is 1. The Balaban J connectivity index is 3.24. The molecule has 0 aliphatic heterocycles. The van der Waals surface area contributed by atoms with Crippen LogP contribution in [-0.2, 0) is 4.79 Å². The van der Waals surface area contributed by atoms with Gasteiger partial charge >= 0.3 is 5.97 Å². The summed E-state index contributed by atoms with van der Waals surface area (Å²) < 4.78 is 0. The van der Waals surface area contributed by atoms with Gasteiger partial charge in [-0.25, -0.2) is 0 Å². The van der Waals surface area contributed by atoms with Crippen LogP contribution in [-0.4, -0.2) is 11.1 Å². The van der Waals surface area contributed by atoms with Crippen LogP contribution < -0.4 is 0 Å². The molecule has 0 heterocycles. The third-order valence-electron chi connectivity index (χ3n) is 5.71. The largest absolute Gasteiger partial charge is 0.481 e. The number of hydrogen-bond donors (Lipinski definition) is 1. The highest BCUT2D eigenvalue weighted by Crippen LogP contribution is 2.18. The van der Waals surface area contributed by atoms with Crippen LogP contribution in [0.5, 0.6) is 0 Å². The van der Waals surface area contributed by atoms with Crippen molar-refractivity contribution in [2.45, 2.75) is 136 Å². The first-order valence-corrected chi connectivity index (χ1v) is 12.7. The Morgan fingerprint density at radius 3 is 1.66 bits per heavy atom. The highest BCUT2D eigenvalue weighted by atomic mass is 16.4. The van der Waals surface area contributed by atoms with Gasteiger partial charge in [0.15, 0.2) is 0 Å². The minimum Gasteiger partial charge on any atom is -0.481 e. The smallest absolute Gasteiger partial charge is 0.303 e. The van der Waals surface area contributed by atoms with E-state index in [0.717, 1.165) is 31.6 Å². The number of unbranched alkanes of at least 4 members (excludes halogenated alkanes) is 12. The highest BCUT2D eigenvalue weighted by molar-refractivity contribution is 5.66. The molecule has 1 atom stereocenters. The van der Waals surface area contributed by atoms with Gasteiger partial charge in [-0.05, 0) is 44.4 Å². The quantitative estimate of drug-likeness (QED) is 0.144.